The van der Waals surface area contributed by atoms with Gasteiger partial charge in [-0.05, 0) is 13.8 Å². The molecule has 1 aliphatic rings. The number of nitrogens with zero attached hydrogens (tertiary/aromatic N) is 1. The van der Waals surface area contributed by atoms with E-state index in [0.717, 1.165) is 13.1 Å². The summed E-state index contributed by atoms with van der Waals surface area (Å²) in [6, 6.07) is 0.691. The summed E-state index contributed by atoms with van der Waals surface area (Å²) in [5.74, 6) is 0. The Kier molecular flexibility index (Phi) is 12.8. The normalized spacial score (nSPS) is 16.3. The zero-order valence-corrected chi connectivity index (χ0v) is 11.1. The van der Waals surface area contributed by atoms with Gasteiger partial charge < -0.3 is 4.74 Å². The van der Waals surface area contributed by atoms with Gasteiger partial charge in [-0.25, -0.2) is 0 Å². The van der Waals surface area contributed by atoms with Gasteiger partial charge in [0.25, 0.3) is 0 Å². The fourth-order valence-corrected chi connectivity index (χ4v) is 1.04. The number of ether oxygens (including phenoxy) is 1. The second-order valence-electron chi connectivity index (χ2n) is 3.61. The van der Waals surface area contributed by atoms with E-state index in [2.05, 4.69) is 32.6 Å². The SMILES string of the molecule is CC.CCC.COC1CN(C(C)C)C1. The molecule has 14 heavy (non-hydrogen) atoms. The second-order valence-corrected chi connectivity index (χ2v) is 3.61. The van der Waals surface area contributed by atoms with Gasteiger partial charge >= 0.3 is 0 Å². The van der Waals surface area contributed by atoms with Crippen molar-refractivity contribution in [2.75, 3.05) is 20.2 Å². The van der Waals surface area contributed by atoms with Gasteiger partial charge in [0.1, 0.15) is 0 Å². The zero-order valence-electron chi connectivity index (χ0n) is 11.1. The van der Waals surface area contributed by atoms with Crippen LogP contribution >= 0.6 is 0 Å². The van der Waals surface area contributed by atoms with Crippen LogP contribution in [0.4, 0.5) is 0 Å². The van der Waals surface area contributed by atoms with Crippen molar-refractivity contribution in [2.45, 2.75) is 60.1 Å². The molecular weight excluding hydrogens is 174 g/mol. The summed E-state index contributed by atoms with van der Waals surface area (Å²) in [5.41, 5.74) is 0. The van der Waals surface area contributed by atoms with Crippen LogP contribution < -0.4 is 0 Å². The number of hydrogen-bond acceptors (Lipinski definition) is 2. The molecule has 1 aliphatic heterocycles. The molecule has 2 heteroatoms. The van der Waals surface area contributed by atoms with Crippen LogP contribution in [-0.2, 0) is 4.74 Å². The zero-order chi connectivity index (χ0) is 11.6. The van der Waals surface area contributed by atoms with Gasteiger partial charge in [0.2, 0.25) is 0 Å². The Hall–Kier alpha value is -0.0800. The van der Waals surface area contributed by atoms with Gasteiger partial charge in [0, 0.05) is 26.2 Å². The lowest BCUT2D eigenvalue weighted by Gasteiger charge is -2.40. The third-order valence-corrected chi connectivity index (χ3v) is 1.94. The summed E-state index contributed by atoms with van der Waals surface area (Å²) < 4.78 is 5.12. The lowest BCUT2D eigenvalue weighted by atomic mass is 10.1. The van der Waals surface area contributed by atoms with E-state index >= 15 is 0 Å². The Labute approximate surface area is 90.6 Å². The molecule has 1 fully saturated rings. The number of rotatable bonds is 2. The van der Waals surface area contributed by atoms with Gasteiger partial charge in [-0.3, -0.25) is 4.90 Å². The standard InChI is InChI=1S/C7H15NO.C3H8.C2H6/c1-6(2)8-4-7(5-8)9-3;1-3-2;1-2/h6-7H,4-5H2,1-3H3;3H2,1-2H3;1-2H3. The predicted molar refractivity (Wildman–Crippen MR) is 64.8 cm³/mol. The van der Waals surface area contributed by atoms with E-state index in [-0.39, 0.29) is 0 Å². The average molecular weight is 203 g/mol. The van der Waals surface area contributed by atoms with E-state index in [9.17, 15) is 0 Å². The van der Waals surface area contributed by atoms with Gasteiger partial charge in [0.05, 0.1) is 6.10 Å². The lowest BCUT2D eigenvalue weighted by molar-refractivity contribution is -0.0437. The lowest BCUT2D eigenvalue weighted by Crippen LogP contribution is -2.54. The number of methoxy groups -OCH3 is 1. The fraction of sp³-hybridized carbons (Fsp3) is 1.00. The van der Waals surface area contributed by atoms with E-state index in [4.69, 9.17) is 4.74 Å². The third-order valence-electron chi connectivity index (χ3n) is 1.94. The highest BCUT2D eigenvalue weighted by Gasteiger charge is 2.27. The van der Waals surface area contributed by atoms with Crippen LogP contribution in [0.5, 0.6) is 0 Å². The highest BCUT2D eigenvalue weighted by Crippen LogP contribution is 2.13. The van der Waals surface area contributed by atoms with Crippen LogP contribution in [0, 0.1) is 0 Å². The van der Waals surface area contributed by atoms with E-state index in [1.165, 1.54) is 6.42 Å². The molecule has 1 saturated heterocycles. The van der Waals surface area contributed by atoms with Crippen molar-refractivity contribution < 1.29 is 4.74 Å². The first-order valence-electron chi connectivity index (χ1n) is 5.92. The van der Waals surface area contributed by atoms with Crippen LogP contribution in [0.15, 0.2) is 0 Å². The van der Waals surface area contributed by atoms with Crippen molar-refractivity contribution in [3.05, 3.63) is 0 Å². The first-order chi connectivity index (χ1) is 6.65. The Morgan fingerprint density at radius 1 is 1.21 bits per heavy atom. The first kappa shape index (κ1) is 16.4. The van der Waals surface area contributed by atoms with Gasteiger partial charge in [-0.15, -0.1) is 0 Å². The maximum atomic E-state index is 5.12. The second kappa shape index (κ2) is 11.0. The molecule has 0 amide bonds. The summed E-state index contributed by atoms with van der Waals surface area (Å²) in [6.45, 7) is 14.9. The maximum absolute atomic E-state index is 5.12. The van der Waals surface area contributed by atoms with E-state index in [0.29, 0.717) is 12.1 Å². The average Bonchev–Trinajstić information content (AvgIpc) is 2.07. The summed E-state index contributed by atoms with van der Waals surface area (Å²) >= 11 is 0. The predicted octanol–water partition coefficient (Wildman–Crippen LogP) is 3.17. The highest BCUT2D eigenvalue weighted by atomic mass is 16.5. The third kappa shape index (κ3) is 7.34. The largest absolute Gasteiger partial charge is 0.379 e. The Morgan fingerprint density at radius 2 is 1.57 bits per heavy atom. The minimum Gasteiger partial charge on any atom is -0.379 e. The van der Waals surface area contributed by atoms with E-state index in [1.807, 2.05) is 13.8 Å². The summed E-state index contributed by atoms with van der Waals surface area (Å²) in [5, 5.41) is 0. The maximum Gasteiger partial charge on any atom is 0.0825 e. The summed E-state index contributed by atoms with van der Waals surface area (Å²) in [4.78, 5) is 2.40. The van der Waals surface area contributed by atoms with Crippen LogP contribution in [0.25, 0.3) is 0 Å². The molecular formula is C12H29NO. The van der Waals surface area contributed by atoms with Gasteiger partial charge in [-0.1, -0.05) is 34.1 Å². The highest BCUT2D eigenvalue weighted by molar-refractivity contribution is 4.82. The van der Waals surface area contributed by atoms with Crippen molar-refractivity contribution >= 4 is 0 Å². The molecule has 0 aromatic carbocycles. The van der Waals surface area contributed by atoms with E-state index < -0.39 is 0 Å². The van der Waals surface area contributed by atoms with Gasteiger partial charge in [0.15, 0.2) is 0 Å². The topological polar surface area (TPSA) is 12.5 Å². The molecule has 0 unspecified atom stereocenters. The molecule has 0 aliphatic carbocycles. The number of likely N-dealkylation sites (tertiary alicyclic amines) is 1. The molecule has 0 bridgehead atoms. The quantitative estimate of drug-likeness (QED) is 0.683. The fourth-order valence-electron chi connectivity index (χ4n) is 1.04. The summed E-state index contributed by atoms with van der Waals surface area (Å²) in [7, 11) is 1.78. The molecule has 0 aromatic heterocycles. The molecule has 0 N–H and O–H groups in total. The smallest absolute Gasteiger partial charge is 0.0825 e. The minimum atomic E-state index is 0.507. The summed E-state index contributed by atoms with van der Waals surface area (Å²) in [6.07, 6.45) is 1.76. The first-order valence-corrected chi connectivity index (χ1v) is 5.92. The van der Waals surface area contributed by atoms with Crippen molar-refractivity contribution in [2.24, 2.45) is 0 Å². The van der Waals surface area contributed by atoms with Crippen molar-refractivity contribution in [3.8, 4) is 0 Å². The molecule has 1 rings (SSSR count). The minimum absolute atomic E-state index is 0.507. The van der Waals surface area contributed by atoms with Gasteiger partial charge in [-0.2, -0.15) is 0 Å². The number of hydrogen-bond donors (Lipinski definition) is 0. The van der Waals surface area contributed by atoms with Crippen LogP contribution in [0.2, 0.25) is 0 Å². The molecule has 0 aromatic rings. The Bertz CT molecular complexity index is 98.5. The molecule has 2 nitrogen and oxygen atoms in total. The molecule has 1 heterocycles. The molecule has 0 spiro atoms. The van der Waals surface area contributed by atoms with Crippen molar-refractivity contribution in [1.29, 1.82) is 0 Å². The van der Waals surface area contributed by atoms with Crippen LogP contribution in [0.3, 0.4) is 0 Å². The molecule has 0 saturated carbocycles. The van der Waals surface area contributed by atoms with E-state index in [1.54, 1.807) is 7.11 Å². The molecule has 0 radical (unpaired) electrons. The molecule has 88 valence electrons. The van der Waals surface area contributed by atoms with Crippen molar-refractivity contribution in [3.63, 3.8) is 0 Å². The van der Waals surface area contributed by atoms with Crippen LogP contribution in [-0.4, -0.2) is 37.2 Å². The monoisotopic (exact) mass is 203 g/mol. The van der Waals surface area contributed by atoms with Crippen LogP contribution in [0.1, 0.15) is 48.0 Å². The molecule has 0 atom stereocenters. The Balaban J connectivity index is 0. The van der Waals surface area contributed by atoms with Crippen molar-refractivity contribution in [1.82, 2.24) is 4.90 Å². The Morgan fingerprint density at radius 3 is 1.79 bits per heavy atom.